The molecule has 1 aromatic carbocycles. The summed E-state index contributed by atoms with van der Waals surface area (Å²) in [7, 11) is 1.93. The van der Waals surface area contributed by atoms with Gasteiger partial charge in [0.25, 0.3) is 0 Å². The van der Waals surface area contributed by atoms with Crippen molar-refractivity contribution in [2.45, 2.75) is 6.04 Å². The van der Waals surface area contributed by atoms with Crippen LogP contribution >= 0.6 is 35.0 Å². The van der Waals surface area contributed by atoms with Gasteiger partial charge in [-0.25, -0.2) is 0 Å². The van der Waals surface area contributed by atoms with E-state index in [0.29, 0.717) is 10.0 Å². The summed E-state index contributed by atoms with van der Waals surface area (Å²) in [5, 5.41) is 4.49. The number of rotatable bonds is 4. The molecule has 0 heterocycles. The molecule has 0 radical (unpaired) electrons. The molecule has 0 aromatic heterocycles. The smallest absolute Gasteiger partial charge is 0.0640 e. The minimum atomic E-state index is 0.260. The first-order chi connectivity index (χ1) is 6.70. The monoisotopic (exact) mass is 249 g/mol. The fourth-order valence-electron chi connectivity index (χ4n) is 1.28. The zero-order valence-corrected chi connectivity index (χ0v) is 10.5. The molecule has 78 valence electrons. The van der Waals surface area contributed by atoms with Crippen LogP contribution in [0.25, 0.3) is 0 Å². The summed E-state index contributed by atoms with van der Waals surface area (Å²) in [6.07, 6.45) is 2.07. The van der Waals surface area contributed by atoms with Crippen LogP contribution in [-0.4, -0.2) is 19.1 Å². The lowest BCUT2D eigenvalue weighted by Crippen LogP contribution is -2.19. The number of thioether (sulfide) groups is 1. The molecular weight excluding hydrogens is 237 g/mol. The van der Waals surface area contributed by atoms with E-state index >= 15 is 0 Å². The first-order valence-corrected chi connectivity index (χ1v) is 6.45. The topological polar surface area (TPSA) is 12.0 Å². The largest absolute Gasteiger partial charge is 0.312 e. The molecule has 0 amide bonds. The second kappa shape index (κ2) is 5.86. The normalized spacial score (nSPS) is 12.9. The molecule has 1 rings (SSSR count). The molecule has 0 bridgehead atoms. The first kappa shape index (κ1) is 12.2. The fraction of sp³-hybridized carbons (Fsp3) is 0.400. The van der Waals surface area contributed by atoms with Crippen LogP contribution in [-0.2, 0) is 0 Å². The number of hydrogen-bond acceptors (Lipinski definition) is 2. The van der Waals surface area contributed by atoms with Gasteiger partial charge in [0.2, 0.25) is 0 Å². The Balaban J connectivity index is 2.97. The van der Waals surface area contributed by atoms with Crippen LogP contribution in [0.3, 0.4) is 0 Å². The summed E-state index contributed by atoms with van der Waals surface area (Å²) < 4.78 is 0. The Labute approximate surface area is 99.2 Å². The maximum atomic E-state index is 6.12. The van der Waals surface area contributed by atoms with Crippen molar-refractivity contribution in [2.24, 2.45) is 0 Å². The number of hydrogen-bond donors (Lipinski definition) is 1. The summed E-state index contributed by atoms with van der Waals surface area (Å²) in [6.45, 7) is 0. The molecule has 0 aliphatic heterocycles. The third-order valence-electron chi connectivity index (χ3n) is 2.04. The second-order valence-electron chi connectivity index (χ2n) is 2.94. The lowest BCUT2D eigenvalue weighted by Gasteiger charge is -2.17. The molecule has 1 nitrogen and oxygen atoms in total. The van der Waals surface area contributed by atoms with Crippen molar-refractivity contribution >= 4 is 35.0 Å². The minimum Gasteiger partial charge on any atom is -0.312 e. The molecule has 0 aliphatic rings. The predicted octanol–water partition coefficient (Wildman–Crippen LogP) is 3.62. The molecule has 4 heteroatoms. The Kier molecular flexibility index (Phi) is 5.10. The van der Waals surface area contributed by atoms with Crippen molar-refractivity contribution in [2.75, 3.05) is 19.1 Å². The first-order valence-electron chi connectivity index (χ1n) is 4.30. The number of benzene rings is 1. The lowest BCUT2D eigenvalue weighted by molar-refractivity contribution is 0.662. The van der Waals surface area contributed by atoms with Crippen molar-refractivity contribution in [1.29, 1.82) is 0 Å². The van der Waals surface area contributed by atoms with Gasteiger partial charge in [-0.05, 0) is 24.9 Å². The van der Waals surface area contributed by atoms with Crippen LogP contribution in [0.15, 0.2) is 18.2 Å². The predicted molar refractivity (Wildman–Crippen MR) is 66.6 cm³/mol. The van der Waals surface area contributed by atoms with Crippen LogP contribution in [0.5, 0.6) is 0 Å². The van der Waals surface area contributed by atoms with Gasteiger partial charge in [-0.1, -0.05) is 35.3 Å². The van der Waals surface area contributed by atoms with Crippen LogP contribution < -0.4 is 5.32 Å². The van der Waals surface area contributed by atoms with Crippen molar-refractivity contribution in [3.63, 3.8) is 0 Å². The highest BCUT2D eigenvalue weighted by atomic mass is 35.5. The van der Waals surface area contributed by atoms with Gasteiger partial charge in [-0.3, -0.25) is 0 Å². The lowest BCUT2D eigenvalue weighted by atomic mass is 10.1. The SMILES string of the molecule is CNC(CSC)c1cccc(Cl)c1Cl. The van der Waals surface area contributed by atoms with E-state index < -0.39 is 0 Å². The molecule has 1 N–H and O–H groups in total. The van der Waals surface area contributed by atoms with E-state index in [0.717, 1.165) is 11.3 Å². The van der Waals surface area contributed by atoms with Gasteiger partial charge >= 0.3 is 0 Å². The van der Waals surface area contributed by atoms with Gasteiger partial charge in [0.05, 0.1) is 10.0 Å². The Bertz CT molecular complexity index is 304. The zero-order valence-electron chi connectivity index (χ0n) is 8.18. The molecule has 0 aliphatic carbocycles. The molecule has 1 atom stereocenters. The number of nitrogens with one attached hydrogen (secondary N) is 1. The average molecular weight is 250 g/mol. The highest BCUT2D eigenvalue weighted by Crippen LogP contribution is 2.30. The highest BCUT2D eigenvalue weighted by molar-refractivity contribution is 7.98. The van der Waals surface area contributed by atoms with Gasteiger partial charge in [-0.2, -0.15) is 11.8 Å². The van der Waals surface area contributed by atoms with Gasteiger partial charge < -0.3 is 5.32 Å². The Morgan fingerprint density at radius 3 is 2.71 bits per heavy atom. The van der Waals surface area contributed by atoms with E-state index in [1.165, 1.54) is 0 Å². The van der Waals surface area contributed by atoms with Crippen LogP contribution in [0, 0.1) is 0 Å². The second-order valence-corrected chi connectivity index (χ2v) is 4.64. The maximum absolute atomic E-state index is 6.12. The standard InChI is InChI=1S/C10H13Cl2NS/c1-13-9(6-14-2)7-4-3-5-8(11)10(7)12/h3-5,9,13H,6H2,1-2H3. The molecule has 1 aromatic rings. The van der Waals surface area contributed by atoms with Crippen LogP contribution in [0.2, 0.25) is 10.0 Å². The summed E-state index contributed by atoms with van der Waals surface area (Å²) in [5.74, 6) is 0.983. The van der Waals surface area contributed by atoms with Crippen LogP contribution in [0.4, 0.5) is 0 Å². The molecule has 0 saturated carbocycles. The van der Waals surface area contributed by atoms with Crippen molar-refractivity contribution in [1.82, 2.24) is 5.32 Å². The maximum Gasteiger partial charge on any atom is 0.0640 e. The van der Waals surface area contributed by atoms with Gasteiger partial charge in [0.15, 0.2) is 0 Å². The molecule has 0 spiro atoms. The summed E-state index contributed by atoms with van der Waals surface area (Å²) in [6, 6.07) is 6.00. The molecule has 14 heavy (non-hydrogen) atoms. The third-order valence-corrected chi connectivity index (χ3v) is 3.54. The van der Waals surface area contributed by atoms with Crippen molar-refractivity contribution < 1.29 is 0 Å². The molecule has 0 fully saturated rings. The molecular formula is C10H13Cl2NS. The van der Waals surface area contributed by atoms with E-state index in [4.69, 9.17) is 23.2 Å². The summed E-state index contributed by atoms with van der Waals surface area (Å²) in [5.41, 5.74) is 1.07. The minimum absolute atomic E-state index is 0.260. The zero-order chi connectivity index (χ0) is 10.6. The van der Waals surface area contributed by atoms with E-state index in [-0.39, 0.29) is 6.04 Å². The summed E-state index contributed by atoms with van der Waals surface area (Å²) >= 11 is 13.8. The van der Waals surface area contributed by atoms with E-state index in [1.54, 1.807) is 17.8 Å². The van der Waals surface area contributed by atoms with Gasteiger partial charge in [-0.15, -0.1) is 0 Å². The van der Waals surface area contributed by atoms with E-state index in [1.807, 2.05) is 19.2 Å². The van der Waals surface area contributed by atoms with Crippen molar-refractivity contribution in [3.05, 3.63) is 33.8 Å². The third kappa shape index (κ3) is 2.80. The Morgan fingerprint density at radius 2 is 2.14 bits per heavy atom. The average Bonchev–Trinajstić information content (AvgIpc) is 2.19. The highest BCUT2D eigenvalue weighted by Gasteiger charge is 2.13. The Hall–Kier alpha value is 0.110. The van der Waals surface area contributed by atoms with E-state index in [9.17, 15) is 0 Å². The van der Waals surface area contributed by atoms with Crippen molar-refractivity contribution in [3.8, 4) is 0 Å². The quantitative estimate of drug-likeness (QED) is 0.875. The van der Waals surface area contributed by atoms with Gasteiger partial charge in [0, 0.05) is 11.8 Å². The van der Waals surface area contributed by atoms with Gasteiger partial charge in [0.1, 0.15) is 0 Å². The Morgan fingerprint density at radius 1 is 1.43 bits per heavy atom. The van der Waals surface area contributed by atoms with E-state index in [2.05, 4.69) is 11.6 Å². The molecule has 1 unspecified atom stereocenters. The fourth-order valence-corrected chi connectivity index (χ4v) is 2.40. The van der Waals surface area contributed by atoms with Crippen LogP contribution in [0.1, 0.15) is 11.6 Å². The summed E-state index contributed by atoms with van der Waals surface area (Å²) in [4.78, 5) is 0. The molecule has 0 saturated heterocycles. The number of halogens is 2.